The second-order valence-corrected chi connectivity index (χ2v) is 6.78. The second-order valence-electron chi connectivity index (χ2n) is 6.78. The molecule has 24 heavy (non-hydrogen) atoms. The normalized spacial score (nSPS) is 22.8. The Morgan fingerprint density at radius 3 is 2.83 bits per heavy atom. The molecule has 0 aliphatic carbocycles. The van der Waals surface area contributed by atoms with Crippen molar-refractivity contribution < 1.29 is 9.53 Å². The van der Waals surface area contributed by atoms with Crippen LogP contribution in [0.15, 0.2) is 24.3 Å². The van der Waals surface area contributed by atoms with E-state index in [1.165, 1.54) is 12.8 Å². The van der Waals surface area contributed by atoms with Gasteiger partial charge in [0, 0.05) is 19.7 Å². The first kappa shape index (κ1) is 16.8. The molecule has 2 atom stereocenters. The molecule has 5 nitrogen and oxygen atoms in total. The standard InChI is InChI=1S/C19H25N3O2/c1-14(17-5-2-4-15(12-17)13-20)21-19(23)22-9-7-16(8-10-22)18-6-3-11-24-18/h2,4-5,12,14,16,18H,3,6-11H2,1H3,(H,21,23). The monoisotopic (exact) mass is 327 g/mol. The lowest BCUT2D eigenvalue weighted by atomic mass is 9.90. The summed E-state index contributed by atoms with van der Waals surface area (Å²) in [5, 5.41) is 12.0. The van der Waals surface area contributed by atoms with Gasteiger partial charge in [0.05, 0.1) is 23.8 Å². The zero-order valence-electron chi connectivity index (χ0n) is 14.2. The average molecular weight is 327 g/mol. The molecular weight excluding hydrogens is 302 g/mol. The van der Waals surface area contributed by atoms with Gasteiger partial charge >= 0.3 is 6.03 Å². The Hall–Kier alpha value is -2.06. The number of urea groups is 1. The third kappa shape index (κ3) is 3.88. The molecule has 2 amide bonds. The number of carbonyl (C=O) groups is 1. The van der Waals surface area contributed by atoms with Gasteiger partial charge in [-0.15, -0.1) is 0 Å². The molecule has 2 fully saturated rings. The van der Waals surface area contributed by atoms with E-state index in [4.69, 9.17) is 10.00 Å². The number of benzene rings is 1. The van der Waals surface area contributed by atoms with Gasteiger partial charge in [0.2, 0.25) is 0 Å². The van der Waals surface area contributed by atoms with Gasteiger partial charge < -0.3 is 15.0 Å². The molecule has 0 spiro atoms. The third-order valence-corrected chi connectivity index (χ3v) is 5.17. The highest BCUT2D eigenvalue weighted by Gasteiger charge is 2.31. The quantitative estimate of drug-likeness (QED) is 0.927. The SMILES string of the molecule is CC(NC(=O)N1CCC(C2CCCO2)CC1)c1cccc(C#N)c1. The summed E-state index contributed by atoms with van der Waals surface area (Å²) >= 11 is 0. The van der Waals surface area contributed by atoms with E-state index in [9.17, 15) is 4.79 Å². The van der Waals surface area contributed by atoms with Crippen molar-refractivity contribution in [1.29, 1.82) is 5.26 Å². The van der Waals surface area contributed by atoms with E-state index in [1.807, 2.05) is 30.0 Å². The number of hydrogen-bond donors (Lipinski definition) is 1. The van der Waals surface area contributed by atoms with Crippen molar-refractivity contribution in [2.24, 2.45) is 5.92 Å². The first-order valence-corrected chi connectivity index (χ1v) is 8.84. The number of nitrogens with zero attached hydrogens (tertiary/aromatic N) is 2. The first-order chi connectivity index (χ1) is 11.7. The average Bonchev–Trinajstić information content (AvgIpc) is 3.16. The predicted octanol–water partition coefficient (Wildman–Crippen LogP) is 3.22. The summed E-state index contributed by atoms with van der Waals surface area (Å²) in [6.07, 6.45) is 4.79. The van der Waals surface area contributed by atoms with Gasteiger partial charge in [0.25, 0.3) is 0 Å². The van der Waals surface area contributed by atoms with Gasteiger partial charge in [-0.1, -0.05) is 12.1 Å². The summed E-state index contributed by atoms with van der Waals surface area (Å²) in [5.41, 5.74) is 1.57. The Morgan fingerprint density at radius 1 is 1.38 bits per heavy atom. The Morgan fingerprint density at radius 2 is 2.17 bits per heavy atom. The van der Waals surface area contributed by atoms with Crippen molar-refractivity contribution in [3.8, 4) is 6.07 Å². The molecule has 2 heterocycles. The van der Waals surface area contributed by atoms with E-state index >= 15 is 0 Å². The maximum absolute atomic E-state index is 12.5. The molecule has 2 aliphatic heterocycles. The van der Waals surface area contributed by atoms with Crippen molar-refractivity contribution in [3.63, 3.8) is 0 Å². The Balaban J connectivity index is 1.51. The molecule has 1 aromatic rings. The molecule has 5 heteroatoms. The van der Waals surface area contributed by atoms with E-state index in [0.717, 1.165) is 38.1 Å². The Kier molecular flexibility index (Phi) is 5.37. The van der Waals surface area contributed by atoms with Crippen LogP contribution in [-0.4, -0.2) is 36.7 Å². The molecule has 2 unspecified atom stereocenters. The van der Waals surface area contributed by atoms with Crippen LogP contribution >= 0.6 is 0 Å². The number of amides is 2. The van der Waals surface area contributed by atoms with Gasteiger partial charge in [0.15, 0.2) is 0 Å². The number of hydrogen-bond acceptors (Lipinski definition) is 3. The molecule has 1 aromatic carbocycles. The number of piperidine rings is 1. The van der Waals surface area contributed by atoms with E-state index in [-0.39, 0.29) is 12.1 Å². The minimum absolute atomic E-state index is 0.0179. The molecule has 2 saturated heterocycles. The predicted molar refractivity (Wildman–Crippen MR) is 91.4 cm³/mol. The topological polar surface area (TPSA) is 65.4 Å². The maximum atomic E-state index is 12.5. The molecule has 2 aliphatic rings. The number of likely N-dealkylation sites (tertiary alicyclic amines) is 1. The summed E-state index contributed by atoms with van der Waals surface area (Å²) < 4.78 is 5.79. The lowest BCUT2D eigenvalue weighted by Crippen LogP contribution is -2.46. The van der Waals surface area contributed by atoms with Crippen LogP contribution < -0.4 is 5.32 Å². The fourth-order valence-corrected chi connectivity index (χ4v) is 3.69. The van der Waals surface area contributed by atoms with Crippen LogP contribution in [0, 0.1) is 17.2 Å². The lowest BCUT2D eigenvalue weighted by Gasteiger charge is -2.35. The molecular formula is C19H25N3O2. The van der Waals surface area contributed by atoms with Crippen LogP contribution in [0.1, 0.15) is 49.8 Å². The minimum Gasteiger partial charge on any atom is -0.378 e. The molecule has 0 aromatic heterocycles. The van der Waals surface area contributed by atoms with Crippen LogP contribution in [0.2, 0.25) is 0 Å². The Bertz CT molecular complexity index is 611. The maximum Gasteiger partial charge on any atom is 0.317 e. The van der Waals surface area contributed by atoms with Crippen molar-refractivity contribution in [3.05, 3.63) is 35.4 Å². The molecule has 0 radical (unpaired) electrons. The number of nitriles is 1. The fourth-order valence-electron chi connectivity index (χ4n) is 3.69. The van der Waals surface area contributed by atoms with Crippen LogP contribution in [0.5, 0.6) is 0 Å². The minimum atomic E-state index is -0.110. The molecule has 0 saturated carbocycles. The van der Waals surface area contributed by atoms with Crippen LogP contribution in [-0.2, 0) is 4.74 Å². The van der Waals surface area contributed by atoms with Crippen LogP contribution in [0.3, 0.4) is 0 Å². The summed E-state index contributed by atoms with van der Waals surface area (Å²) in [7, 11) is 0. The molecule has 3 rings (SSSR count). The zero-order chi connectivity index (χ0) is 16.9. The van der Waals surface area contributed by atoms with Crippen molar-refractivity contribution >= 4 is 6.03 Å². The van der Waals surface area contributed by atoms with E-state index < -0.39 is 0 Å². The highest BCUT2D eigenvalue weighted by atomic mass is 16.5. The Labute approximate surface area is 143 Å². The summed E-state index contributed by atoms with van der Waals surface area (Å²) in [6.45, 7) is 4.43. The van der Waals surface area contributed by atoms with E-state index in [0.29, 0.717) is 17.6 Å². The molecule has 1 N–H and O–H groups in total. The molecule has 128 valence electrons. The summed E-state index contributed by atoms with van der Waals surface area (Å²) in [5.74, 6) is 0.598. The van der Waals surface area contributed by atoms with Crippen molar-refractivity contribution in [2.75, 3.05) is 19.7 Å². The second kappa shape index (κ2) is 7.67. The van der Waals surface area contributed by atoms with Crippen molar-refractivity contribution in [2.45, 2.75) is 44.8 Å². The van der Waals surface area contributed by atoms with Crippen molar-refractivity contribution in [1.82, 2.24) is 10.2 Å². The van der Waals surface area contributed by atoms with Gasteiger partial charge in [-0.2, -0.15) is 5.26 Å². The smallest absolute Gasteiger partial charge is 0.317 e. The van der Waals surface area contributed by atoms with Crippen LogP contribution in [0.25, 0.3) is 0 Å². The van der Waals surface area contributed by atoms with Gasteiger partial charge in [-0.3, -0.25) is 0 Å². The van der Waals surface area contributed by atoms with E-state index in [1.54, 1.807) is 6.07 Å². The number of ether oxygens (including phenoxy) is 1. The first-order valence-electron chi connectivity index (χ1n) is 8.84. The van der Waals surface area contributed by atoms with Gasteiger partial charge in [-0.05, 0) is 56.2 Å². The third-order valence-electron chi connectivity index (χ3n) is 5.17. The van der Waals surface area contributed by atoms with Gasteiger partial charge in [0.1, 0.15) is 0 Å². The lowest BCUT2D eigenvalue weighted by molar-refractivity contribution is 0.0371. The van der Waals surface area contributed by atoms with Gasteiger partial charge in [-0.25, -0.2) is 4.79 Å². The summed E-state index contributed by atoms with van der Waals surface area (Å²) in [6, 6.07) is 9.40. The molecule has 0 bridgehead atoms. The van der Waals surface area contributed by atoms with Crippen LogP contribution in [0.4, 0.5) is 4.79 Å². The largest absolute Gasteiger partial charge is 0.378 e. The fraction of sp³-hybridized carbons (Fsp3) is 0.579. The number of carbonyl (C=O) groups excluding carboxylic acids is 1. The highest BCUT2D eigenvalue weighted by Crippen LogP contribution is 2.29. The number of rotatable bonds is 3. The highest BCUT2D eigenvalue weighted by molar-refractivity contribution is 5.74. The summed E-state index contributed by atoms with van der Waals surface area (Å²) in [4.78, 5) is 14.4. The number of nitrogens with one attached hydrogen (secondary N) is 1. The van der Waals surface area contributed by atoms with E-state index in [2.05, 4.69) is 11.4 Å². The zero-order valence-corrected chi connectivity index (χ0v) is 14.2.